The Morgan fingerprint density at radius 1 is 1.39 bits per heavy atom. The van der Waals surface area contributed by atoms with Crippen molar-refractivity contribution in [2.24, 2.45) is 11.3 Å². The third kappa shape index (κ3) is 2.29. The molecule has 1 unspecified atom stereocenters. The van der Waals surface area contributed by atoms with Gasteiger partial charge in [-0.15, -0.1) is 0 Å². The molecule has 0 bridgehead atoms. The van der Waals surface area contributed by atoms with Gasteiger partial charge in [-0.25, -0.2) is 0 Å². The molecule has 0 radical (unpaired) electrons. The van der Waals surface area contributed by atoms with Gasteiger partial charge in [-0.3, -0.25) is 4.79 Å². The zero-order valence-corrected chi connectivity index (χ0v) is 12.1. The van der Waals surface area contributed by atoms with Crippen LogP contribution in [0, 0.1) is 11.3 Å². The molecule has 0 spiro atoms. The predicted octanol–water partition coefficient (Wildman–Crippen LogP) is 3.81. The van der Waals surface area contributed by atoms with Crippen LogP contribution in [0.2, 0.25) is 10.0 Å². The van der Waals surface area contributed by atoms with Crippen LogP contribution in [-0.4, -0.2) is 18.9 Å². The third-order valence-electron chi connectivity index (χ3n) is 3.92. The van der Waals surface area contributed by atoms with Gasteiger partial charge in [0.2, 0.25) is 0 Å². The molecule has 1 fully saturated rings. The van der Waals surface area contributed by atoms with Crippen molar-refractivity contribution in [3.05, 3.63) is 33.8 Å². The van der Waals surface area contributed by atoms with Crippen LogP contribution in [0.5, 0.6) is 0 Å². The summed E-state index contributed by atoms with van der Waals surface area (Å²) in [6.45, 7) is 5.77. The molecule has 98 valence electrons. The van der Waals surface area contributed by atoms with Crippen molar-refractivity contribution in [3.63, 3.8) is 0 Å². The average Bonchev–Trinajstić information content (AvgIpc) is 2.82. The van der Waals surface area contributed by atoms with Crippen molar-refractivity contribution >= 4 is 29.0 Å². The van der Waals surface area contributed by atoms with Crippen molar-refractivity contribution in [2.75, 3.05) is 13.1 Å². The summed E-state index contributed by atoms with van der Waals surface area (Å²) in [5.41, 5.74) is 0.190. The first-order chi connectivity index (χ1) is 8.47. The normalized spacial score (nSPS) is 23.6. The Hall–Kier alpha value is -0.570. The number of carbonyl (C=O) groups excluding carboxylic acids is 1. The van der Waals surface area contributed by atoms with Crippen LogP contribution in [0.15, 0.2) is 18.2 Å². The van der Waals surface area contributed by atoms with E-state index in [1.165, 1.54) is 0 Å². The van der Waals surface area contributed by atoms with E-state index < -0.39 is 0 Å². The van der Waals surface area contributed by atoms with Crippen molar-refractivity contribution < 1.29 is 4.79 Å². The molecule has 1 saturated heterocycles. The first-order valence-electron chi connectivity index (χ1n) is 6.18. The van der Waals surface area contributed by atoms with E-state index in [1.54, 1.807) is 18.2 Å². The van der Waals surface area contributed by atoms with Crippen LogP contribution >= 0.6 is 23.2 Å². The van der Waals surface area contributed by atoms with Crippen molar-refractivity contribution in [1.29, 1.82) is 0 Å². The van der Waals surface area contributed by atoms with Gasteiger partial charge in [-0.1, -0.05) is 37.0 Å². The first kappa shape index (κ1) is 13.9. The van der Waals surface area contributed by atoms with Gasteiger partial charge < -0.3 is 5.32 Å². The van der Waals surface area contributed by atoms with E-state index in [-0.39, 0.29) is 17.1 Å². The maximum Gasteiger partial charge on any atom is 0.172 e. The van der Waals surface area contributed by atoms with Crippen LogP contribution < -0.4 is 5.32 Å². The Morgan fingerprint density at radius 2 is 2.11 bits per heavy atom. The van der Waals surface area contributed by atoms with E-state index in [0.717, 1.165) is 13.0 Å². The molecule has 1 atom stereocenters. The van der Waals surface area contributed by atoms with Crippen LogP contribution in [0.3, 0.4) is 0 Å². The minimum absolute atomic E-state index is 0.106. The van der Waals surface area contributed by atoms with Crippen LogP contribution in [0.25, 0.3) is 0 Å². The monoisotopic (exact) mass is 285 g/mol. The van der Waals surface area contributed by atoms with Crippen molar-refractivity contribution in [2.45, 2.75) is 20.3 Å². The van der Waals surface area contributed by atoms with Crippen LogP contribution in [-0.2, 0) is 0 Å². The molecule has 1 aliphatic heterocycles. The average molecular weight is 286 g/mol. The Bertz CT molecular complexity index is 465. The van der Waals surface area contributed by atoms with Gasteiger partial charge in [-0.05, 0) is 37.1 Å². The molecule has 18 heavy (non-hydrogen) atoms. The molecule has 1 aromatic rings. The lowest BCUT2D eigenvalue weighted by Gasteiger charge is -2.31. The fourth-order valence-corrected chi connectivity index (χ4v) is 2.98. The number of nitrogens with one attached hydrogen (secondary N) is 1. The molecule has 0 aromatic heterocycles. The molecule has 2 rings (SSSR count). The fraction of sp³-hybridized carbons (Fsp3) is 0.500. The maximum atomic E-state index is 12.8. The Labute approximate surface area is 118 Å². The van der Waals surface area contributed by atoms with E-state index in [0.29, 0.717) is 22.2 Å². The number of halogens is 2. The van der Waals surface area contributed by atoms with E-state index in [9.17, 15) is 4.79 Å². The summed E-state index contributed by atoms with van der Waals surface area (Å²) in [6, 6.07) is 5.07. The summed E-state index contributed by atoms with van der Waals surface area (Å²) < 4.78 is 0. The molecule has 4 heteroatoms. The number of ketones is 1. The quantitative estimate of drug-likeness (QED) is 0.856. The molecule has 1 N–H and O–H groups in total. The van der Waals surface area contributed by atoms with Gasteiger partial charge in [0.05, 0.1) is 5.02 Å². The molecule has 1 aromatic carbocycles. The van der Waals surface area contributed by atoms with Crippen molar-refractivity contribution in [3.8, 4) is 0 Å². The zero-order chi connectivity index (χ0) is 13.3. The Balaban J connectivity index is 2.43. The SMILES string of the molecule is CC(C)C1(C(=O)c2cc(Cl)ccc2Cl)CCNC1. The molecule has 1 heterocycles. The van der Waals surface area contributed by atoms with Crippen molar-refractivity contribution in [1.82, 2.24) is 5.32 Å². The first-order valence-corrected chi connectivity index (χ1v) is 6.93. The zero-order valence-electron chi connectivity index (χ0n) is 10.6. The van der Waals surface area contributed by atoms with Gasteiger partial charge in [-0.2, -0.15) is 0 Å². The topological polar surface area (TPSA) is 29.1 Å². The van der Waals surface area contributed by atoms with E-state index in [1.807, 2.05) is 0 Å². The Kier molecular flexibility index (Phi) is 4.00. The lowest BCUT2D eigenvalue weighted by molar-refractivity contribution is 0.0740. The summed E-state index contributed by atoms with van der Waals surface area (Å²) in [5, 5.41) is 4.31. The van der Waals surface area contributed by atoms with Crippen LogP contribution in [0.1, 0.15) is 30.6 Å². The summed E-state index contributed by atoms with van der Waals surface area (Å²) in [5.74, 6) is 0.380. The molecule has 1 aliphatic rings. The van der Waals surface area contributed by atoms with Gasteiger partial charge in [0.25, 0.3) is 0 Å². The number of Topliss-reactive ketones (excluding diaryl/α,β-unsaturated/α-hetero) is 1. The molecular formula is C14H17Cl2NO. The van der Waals surface area contributed by atoms with Crippen LogP contribution in [0.4, 0.5) is 0 Å². The maximum absolute atomic E-state index is 12.8. The van der Waals surface area contributed by atoms with E-state index >= 15 is 0 Å². The molecule has 0 aliphatic carbocycles. The highest BCUT2D eigenvalue weighted by Gasteiger charge is 2.44. The summed E-state index contributed by atoms with van der Waals surface area (Å²) in [4.78, 5) is 12.8. The standard InChI is InChI=1S/C14H17Cl2NO/c1-9(2)14(5-6-17-8-14)13(18)11-7-10(15)3-4-12(11)16/h3-4,7,9,17H,5-6,8H2,1-2H3. The molecular weight excluding hydrogens is 269 g/mol. The summed E-state index contributed by atoms with van der Waals surface area (Å²) in [6.07, 6.45) is 0.854. The van der Waals surface area contributed by atoms with Gasteiger partial charge in [0.15, 0.2) is 5.78 Å². The third-order valence-corrected chi connectivity index (χ3v) is 4.48. The molecule has 2 nitrogen and oxygen atoms in total. The lowest BCUT2D eigenvalue weighted by atomic mass is 9.71. The highest BCUT2D eigenvalue weighted by molar-refractivity contribution is 6.36. The predicted molar refractivity (Wildman–Crippen MR) is 75.6 cm³/mol. The highest BCUT2D eigenvalue weighted by Crippen LogP contribution is 2.39. The summed E-state index contributed by atoms with van der Waals surface area (Å²) in [7, 11) is 0. The highest BCUT2D eigenvalue weighted by atomic mass is 35.5. The van der Waals surface area contributed by atoms with Gasteiger partial charge in [0.1, 0.15) is 0 Å². The largest absolute Gasteiger partial charge is 0.316 e. The molecule has 0 amide bonds. The second-order valence-electron chi connectivity index (χ2n) is 5.19. The smallest absolute Gasteiger partial charge is 0.172 e. The lowest BCUT2D eigenvalue weighted by Crippen LogP contribution is -2.38. The second kappa shape index (κ2) is 5.20. The number of hydrogen-bond donors (Lipinski definition) is 1. The van der Waals surface area contributed by atoms with Gasteiger partial charge >= 0.3 is 0 Å². The number of carbonyl (C=O) groups is 1. The number of hydrogen-bond acceptors (Lipinski definition) is 2. The Morgan fingerprint density at radius 3 is 2.67 bits per heavy atom. The van der Waals surface area contributed by atoms with E-state index in [2.05, 4.69) is 19.2 Å². The minimum atomic E-state index is -0.353. The molecule has 0 saturated carbocycles. The number of benzene rings is 1. The minimum Gasteiger partial charge on any atom is -0.316 e. The summed E-state index contributed by atoms with van der Waals surface area (Å²) >= 11 is 12.1. The second-order valence-corrected chi connectivity index (χ2v) is 6.03. The number of rotatable bonds is 3. The fourth-order valence-electron chi connectivity index (χ4n) is 2.60. The van der Waals surface area contributed by atoms with E-state index in [4.69, 9.17) is 23.2 Å². The van der Waals surface area contributed by atoms with Gasteiger partial charge in [0, 0.05) is 22.5 Å².